The van der Waals surface area contributed by atoms with Gasteiger partial charge in [-0.05, 0) is 35.9 Å². The molecule has 9 nitrogen and oxygen atoms in total. The number of hydrogen-bond acceptors (Lipinski definition) is 8. The predicted octanol–water partition coefficient (Wildman–Crippen LogP) is 2.42. The first-order chi connectivity index (χ1) is 15.3. The van der Waals surface area contributed by atoms with E-state index in [1.54, 1.807) is 24.3 Å². The fourth-order valence-corrected chi connectivity index (χ4v) is 4.37. The zero-order chi connectivity index (χ0) is 22.8. The topological polar surface area (TPSA) is 128 Å². The third-order valence-electron chi connectivity index (χ3n) is 4.62. The van der Waals surface area contributed by atoms with Crippen LogP contribution in [0.3, 0.4) is 0 Å². The van der Waals surface area contributed by atoms with Crippen LogP contribution in [0, 0.1) is 0 Å². The Kier molecular flexibility index (Phi) is 6.01. The highest BCUT2D eigenvalue weighted by molar-refractivity contribution is 8.26. The van der Waals surface area contributed by atoms with Gasteiger partial charge in [-0.2, -0.15) is 0 Å². The number of carboxylic acid groups (broad SMARTS) is 1. The molecular weight excluding hydrogens is 456 g/mol. The molecule has 2 aliphatic heterocycles. The maximum atomic E-state index is 12.7. The number of anilines is 1. The molecule has 11 heteroatoms. The monoisotopic (exact) mass is 471 g/mol. The molecule has 0 spiro atoms. The molecule has 2 amide bonds. The molecule has 0 bridgehead atoms. The molecule has 2 aromatic rings. The number of benzene rings is 2. The van der Waals surface area contributed by atoms with Crippen LogP contribution in [0.2, 0.25) is 0 Å². The summed E-state index contributed by atoms with van der Waals surface area (Å²) < 4.78 is 10.9. The molecule has 32 heavy (non-hydrogen) atoms. The van der Waals surface area contributed by atoms with E-state index in [1.165, 1.54) is 11.0 Å². The number of fused-ring (bicyclic) bond motifs is 1. The van der Waals surface area contributed by atoms with Gasteiger partial charge in [0.15, 0.2) is 11.5 Å². The number of thioether (sulfide) groups is 1. The molecule has 164 valence electrons. The maximum absolute atomic E-state index is 12.7. The highest BCUT2D eigenvalue weighted by Gasteiger charge is 2.32. The fraction of sp³-hybridized carbons (Fsp3) is 0.143. The van der Waals surface area contributed by atoms with Crippen LogP contribution in [0.15, 0.2) is 41.3 Å². The van der Waals surface area contributed by atoms with E-state index in [4.69, 9.17) is 26.8 Å². The molecule has 0 saturated carbocycles. The number of carbonyl (C=O) groups is 3. The highest BCUT2D eigenvalue weighted by Crippen LogP contribution is 2.36. The minimum absolute atomic E-state index is 0.0560. The van der Waals surface area contributed by atoms with E-state index in [1.807, 2.05) is 0 Å². The number of thiocarbonyl (C=S) groups is 1. The molecule has 0 atom stereocenters. The van der Waals surface area contributed by atoms with Crippen LogP contribution < -0.4 is 19.9 Å². The van der Waals surface area contributed by atoms with Crippen molar-refractivity contribution in [3.8, 4) is 17.2 Å². The number of rotatable bonds is 6. The van der Waals surface area contributed by atoms with Crippen LogP contribution in [-0.2, 0) is 9.59 Å². The van der Waals surface area contributed by atoms with E-state index >= 15 is 0 Å². The van der Waals surface area contributed by atoms with Crippen molar-refractivity contribution < 1.29 is 34.1 Å². The summed E-state index contributed by atoms with van der Waals surface area (Å²) in [7, 11) is 0. The number of hydrogen-bond donors (Lipinski definition) is 2. The summed E-state index contributed by atoms with van der Waals surface area (Å²) in [5, 5.41) is 23.1. The summed E-state index contributed by atoms with van der Waals surface area (Å²) in [5.74, 6) is -1.55. The van der Waals surface area contributed by atoms with Gasteiger partial charge in [0, 0.05) is 18.7 Å². The van der Waals surface area contributed by atoms with Crippen LogP contribution in [0.1, 0.15) is 22.3 Å². The van der Waals surface area contributed by atoms with Crippen molar-refractivity contribution in [3.63, 3.8) is 0 Å². The lowest BCUT2D eigenvalue weighted by Gasteiger charge is -2.15. The van der Waals surface area contributed by atoms with E-state index < -0.39 is 23.2 Å². The zero-order valence-electron chi connectivity index (χ0n) is 16.3. The summed E-state index contributed by atoms with van der Waals surface area (Å²) in [6.07, 6.45) is 1.63. The summed E-state index contributed by atoms with van der Waals surface area (Å²) in [6.45, 7) is 0.210. The second kappa shape index (κ2) is 8.89. The Labute approximate surface area is 191 Å². The minimum atomic E-state index is -1.38. The molecule has 1 fully saturated rings. The van der Waals surface area contributed by atoms with Gasteiger partial charge < -0.3 is 25.0 Å². The molecule has 0 aliphatic carbocycles. The third-order valence-corrected chi connectivity index (χ3v) is 6.00. The normalized spacial score (nSPS) is 16.0. The second-order valence-corrected chi connectivity index (χ2v) is 8.44. The number of carboxylic acids is 1. The number of carbonyl (C=O) groups excluding carboxylic acids is 2. The van der Waals surface area contributed by atoms with Gasteiger partial charge in [0.1, 0.15) is 4.32 Å². The molecule has 0 aromatic heterocycles. The van der Waals surface area contributed by atoms with E-state index in [-0.39, 0.29) is 31.4 Å². The van der Waals surface area contributed by atoms with Crippen molar-refractivity contribution in [2.45, 2.75) is 6.42 Å². The lowest BCUT2D eigenvalue weighted by Crippen LogP contribution is -2.31. The van der Waals surface area contributed by atoms with E-state index in [2.05, 4.69) is 5.32 Å². The Morgan fingerprint density at radius 2 is 2.00 bits per heavy atom. The zero-order valence-corrected chi connectivity index (χ0v) is 18.0. The molecule has 2 heterocycles. The van der Waals surface area contributed by atoms with Crippen molar-refractivity contribution in [3.05, 3.63) is 52.4 Å². The molecule has 4 rings (SSSR count). The number of nitrogens with one attached hydrogen (secondary N) is 1. The first kappa shape index (κ1) is 21.7. The van der Waals surface area contributed by atoms with Gasteiger partial charge in [-0.1, -0.05) is 41.9 Å². The number of ether oxygens (including phenoxy) is 2. The smallest absolute Gasteiger partial charge is 0.335 e. The second-order valence-electron chi connectivity index (χ2n) is 6.76. The first-order valence-corrected chi connectivity index (χ1v) is 10.5. The summed E-state index contributed by atoms with van der Waals surface area (Å²) in [6, 6.07) is 8.81. The predicted molar refractivity (Wildman–Crippen MR) is 119 cm³/mol. The summed E-state index contributed by atoms with van der Waals surface area (Å²) in [5.41, 5.74) is 0.497. The first-order valence-electron chi connectivity index (χ1n) is 9.31. The minimum Gasteiger partial charge on any atom is -0.872 e. The van der Waals surface area contributed by atoms with Gasteiger partial charge in [0.05, 0.1) is 10.5 Å². The van der Waals surface area contributed by atoms with E-state index in [0.29, 0.717) is 20.7 Å². The van der Waals surface area contributed by atoms with Crippen LogP contribution in [0.25, 0.3) is 6.08 Å². The summed E-state index contributed by atoms with van der Waals surface area (Å²) >= 11 is 6.42. The average Bonchev–Trinajstić information content (AvgIpc) is 3.32. The van der Waals surface area contributed by atoms with Gasteiger partial charge in [-0.3, -0.25) is 14.5 Å². The molecule has 1 saturated heterocycles. The Morgan fingerprint density at radius 1 is 1.22 bits per heavy atom. The molecule has 2 aromatic carbocycles. The standard InChI is InChI=1S/C21H16N2O7S2/c24-14-3-2-12(9-13(14)20(27)28)22-18(25)5-6-23-19(26)17(32-21(23)31)8-11-1-4-15-16(7-11)30-10-29-15/h1-4,7-9,24H,5-6,10H2,(H,22,25)(H,27,28)/p-1/b17-8-. The lowest BCUT2D eigenvalue weighted by molar-refractivity contribution is -0.268. The fourth-order valence-electron chi connectivity index (χ4n) is 3.06. The number of nitrogens with zero attached hydrogens (tertiary/aromatic N) is 1. The van der Waals surface area contributed by atoms with Crippen molar-refractivity contribution in [2.24, 2.45) is 0 Å². The number of aromatic carboxylic acids is 1. The van der Waals surface area contributed by atoms with E-state index in [0.717, 1.165) is 29.5 Å². The number of amides is 2. The van der Waals surface area contributed by atoms with Crippen molar-refractivity contribution in [1.29, 1.82) is 0 Å². The van der Waals surface area contributed by atoms with Crippen molar-refractivity contribution in [2.75, 3.05) is 18.7 Å². The van der Waals surface area contributed by atoms with Gasteiger partial charge >= 0.3 is 5.97 Å². The van der Waals surface area contributed by atoms with Gasteiger partial charge in [0.2, 0.25) is 12.7 Å². The molecule has 0 unspecified atom stereocenters. The SMILES string of the molecule is O=C(CCN1C(=O)/C(=C/c2ccc3c(c2)OCO3)SC1=S)Nc1ccc([O-])c(C(=O)O)c1. The van der Waals surface area contributed by atoms with Crippen LogP contribution in [0.4, 0.5) is 5.69 Å². The lowest BCUT2D eigenvalue weighted by atomic mass is 10.1. The molecule has 2 N–H and O–H groups in total. The molecule has 2 aliphatic rings. The van der Waals surface area contributed by atoms with Crippen LogP contribution >= 0.6 is 24.0 Å². The van der Waals surface area contributed by atoms with Gasteiger partial charge in [-0.25, -0.2) is 4.79 Å². The largest absolute Gasteiger partial charge is 0.872 e. The van der Waals surface area contributed by atoms with Crippen LogP contribution in [-0.4, -0.2) is 45.4 Å². The van der Waals surface area contributed by atoms with Gasteiger partial charge in [0.25, 0.3) is 5.91 Å². The Bertz CT molecular complexity index is 1180. The third kappa shape index (κ3) is 4.53. The molecule has 0 radical (unpaired) electrons. The van der Waals surface area contributed by atoms with E-state index in [9.17, 15) is 19.5 Å². The Balaban J connectivity index is 1.38. The maximum Gasteiger partial charge on any atom is 0.335 e. The Hall–Kier alpha value is -3.57. The van der Waals surface area contributed by atoms with Crippen molar-refractivity contribution >= 4 is 57.8 Å². The van der Waals surface area contributed by atoms with Gasteiger partial charge in [-0.15, -0.1) is 0 Å². The highest BCUT2D eigenvalue weighted by atomic mass is 32.2. The quantitative estimate of drug-likeness (QED) is 0.482. The average molecular weight is 471 g/mol. The Morgan fingerprint density at radius 3 is 2.78 bits per heavy atom. The summed E-state index contributed by atoms with van der Waals surface area (Å²) in [4.78, 5) is 37.8. The van der Waals surface area contributed by atoms with Crippen LogP contribution in [0.5, 0.6) is 17.2 Å². The molecular formula is C21H15N2O7S2-. The van der Waals surface area contributed by atoms with Crippen molar-refractivity contribution in [1.82, 2.24) is 4.90 Å².